The predicted octanol–water partition coefficient (Wildman–Crippen LogP) is -0.591. The molecule has 0 saturated carbocycles. The van der Waals surface area contributed by atoms with E-state index in [-0.39, 0.29) is 19.2 Å². The minimum absolute atomic E-state index is 0.140. The van der Waals surface area contributed by atoms with Crippen molar-refractivity contribution in [2.75, 3.05) is 32.8 Å². The molecule has 100 valence electrons. The summed E-state index contributed by atoms with van der Waals surface area (Å²) in [6.07, 6.45) is 1.46. The normalized spacial score (nSPS) is 33.1. The fourth-order valence-corrected chi connectivity index (χ4v) is 4.18. The van der Waals surface area contributed by atoms with Gasteiger partial charge in [-0.2, -0.15) is 17.0 Å². The fourth-order valence-electron chi connectivity index (χ4n) is 2.29. The van der Waals surface area contributed by atoms with Gasteiger partial charge in [0.1, 0.15) is 0 Å². The lowest BCUT2D eigenvalue weighted by Crippen LogP contribution is -2.55. The second kappa shape index (κ2) is 5.19. The maximum absolute atomic E-state index is 12.4. The van der Waals surface area contributed by atoms with Gasteiger partial charge in [0.15, 0.2) is 0 Å². The van der Waals surface area contributed by atoms with Gasteiger partial charge in [0.25, 0.3) is 10.2 Å². The molecule has 0 bridgehead atoms. The Morgan fingerprint density at radius 1 is 1.35 bits per heavy atom. The average Bonchev–Trinajstić information content (AvgIpc) is 2.83. The van der Waals surface area contributed by atoms with Gasteiger partial charge in [-0.3, -0.25) is 0 Å². The molecular weight excluding hydrogens is 244 g/mol. The van der Waals surface area contributed by atoms with Gasteiger partial charge in [-0.25, -0.2) is 0 Å². The van der Waals surface area contributed by atoms with E-state index in [1.54, 1.807) is 0 Å². The van der Waals surface area contributed by atoms with Crippen molar-refractivity contribution in [1.82, 2.24) is 8.61 Å². The first-order chi connectivity index (χ1) is 8.05. The average molecular weight is 264 g/mol. The molecule has 2 saturated heterocycles. The predicted molar refractivity (Wildman–Crippen MR) is 62.7 cm³/mol. The summed E-state index contributed by atoms with van der Waals surface area (Å²) in [7, 11) is -3.38. The molecule has 0 amide bonds. The van der Waals surface area contributed by atoms with Gasteiger partial charge >= 0.3 is 0 Å². The second-order valence-electron chi connectivity index (χ2n) is 4.67. The molecule has 6 nitrogen and oxygen atoms in total. The zero-order valence-electron chi connectivity index (χ0n) is 10.1. The molecule has 17 heavy (non-hydrogen) atoms. The van der Waals surface area contributed by atoms with Crippen molar-refractivity contribution < 1.29 is 18.3 Å². The summed E-state index contributed by atoms with van der Waals surface area (Å²) in [5, 5.41) is 9.07. The topological polar surface area (TPSA) is 70.1 Å². The molecule has 0 aromatic heterocycles. The van der Waals surface area contributed by atoms with Crippen molar-refractivity contribution in [3.63, 3.8) is 0 Å². The van der Waals surface area contributed by atoms with E-state index in [1.807, 2.05) is 6.92 Å². The van der Waals surface area contributed by atoms with Crippen LogP contribution in [0.15, 0.2) is 0 Å². The highest BCUT2D eigenvalue weighted by molar-refractivity contribution is 7.86. The van der Waals surface area contributed by atoms with Crippen molar-refractivity contribution >= 4 is 10.2 Å². The monoisotopic (exact) mass is 264 g/mol. The Morgan fingerprint density at radius 3 is 2.59 bits per heavy atom. The molecule has 0 spiro atoms. The highest BCUT2D eigenvalue weighted by atomic mass is 32.2. The highest BCUT2D eigenvalue weighted by Crippen LogP contribution is 2.22. The number of aliphatic hydroxyl groups excluding tert-OH is 1. The summed E-state index contributed by atoms with van der Waals surface area (Å²) in [5.74, 6) is 0. The summed E-state index contributed by atoms with van der Waals surface area (Å²) in [5.41, 5.74) is 0. The molecule has 0 radical (unpaired) electrons. The molecule has 2 rings (SSSR count). The third kappa shape index (κ3) is 2.63. The number of nitrogens with zero attached hydrogens (tertiary/aromatic N) is 2. The SMILES string of the molecule is CC1COC(CO)CN1S(=O)(=O)N1CCCC1. The Balaban J connectivity index is 2.12. The smallest absolute Gasteiger partial charge is 0.282 e. The zero-order valence-corrected chi connectivity index (χ0v) is 10.9. The minimum Gasteiger partial charge on any atom is -0.394 e. The summed E-state index contributed by atoms with van der Waals surface area (Å²) in [4.78, 5) is 0. The first-order valence-corrected chi connectivity index (χ1v) is 7.45. The number of rotatable bonds is 3. The van der Waals surface area contributed by atoms with E-state index in [2.05, 4.69) is 0 Å². The molecule has 1 N–H and O–H groups in total. The first-order valence-electron chi connectivity index (χ1n) is 6.05. The molecule has 0 aliphatic carbocycles. The molecule has 2 heterocycles. The fraction of sp³-hybridized carbons (Fsp3) is 1.00. The van der Waals surface area contributed by atoms with E-state index in [0.717, 1.165) is 12.8 Å². The lowest BCUT2D eigenvalue weighted by molar-refractivity contribution is -0.0529. The third-order valence-electron chi connectivity index (χ3n) is 3.34. The van der Waals surface area contributed by atoms with Crippen LogP contribution in [0.4, 0.5) is 0 Å². The minimum atomic E-state index is -3.38. The Labute approximate surface area is 102 Å². The molecule has 2 fully saturated rings. The molecule has 7 heteroatoms. The first kappa shape index (κ1) is 13.2. The highest BCUT2D eigenvalue weighted by Gasteiger charge is 2.38. The van der Waals surface area contributed by atoms with Crippen LogP contribution >= 0.6 is 0 Å². The lowest BCUT2D eigenvalue weighted by Gasteiger charge is -2.38. The molecule has 2 unspecified atom stereocenters. The Bertz CT molecular complexity index is 353. The Hall–Kier alpha value is -0.210. The van der Waals surface area contributed by atoms with Gasteiger partial charge in [0, 0.05) is 25.7 Å². The van der Waals surface area contributed by atoms with Crippen LogP contribution < -0.4 is 0 Å². The third-order valence-corrected chi connectivity index (χ3v) is 5.46. The summed E-state index contributed by atoms with van der Waals surface area (Å²) < 4.78 is 33.1. The van der Waals surface area contributed by atoms with Crippen molar-refractivity contribution in [3.05, 3.63) is 0 Å². The van der Waals surface area contributed by atoms with E-state index in [9.17, 15) is 8.42 Å². The van der Waals surface area contributed by atoms with Crippen molar-refractivity contribution in [3.8, 4) is 0 Å². The van der Waals surface area contributed by atoms with Crippen molar-refractivity contribution in [2.24, 2.45) is 0 Å². The van der Waals surface area contributed by atoms with Gasteiger partial charge in [-0.05, 0) is 19.8 Å². The summed E-state index contributed by atoms with van der Waals surface area (Å²) >= 11 is 0. The van der Waals surface area contributed by atoms with Gasteiger partial charge in [-0.1, -0.05) is 0 Å². The molecule has 2 atom stereocenters. The largest absolute Gasteiger partial charge is 0.394 e. The van der Waals surface area contributed by atoms with Gasteiger partial charge in [-0.15, -0.1) is 0 Å². The van der Waals surface area contributed by atoms with E-state index >= 15 is 0 Å². The van der Waals surface area contributed by atoms with E-state index in [4.69, 9.17) is 9.84 Å². The van der Waals surface area contributed by atoms with Gasteiger partial charge in [0.2, 0.25) is 0 Å². The number of hydrogen-bond acceptors (Lipinski definition) is 4. The lowest BCUT2D eigenvalue weighted by atomic mass is 10.2. The van der Waals surface area contributed by atoms with Crippen LogP contribution in [-0.2, 0) is 14.9 Å². The maximum Gasteiger partial charge on any atom is 0.282 e. The van der Waals surface area contributed by atoms with E-state index in [0.29, 0.717) is 19.7 Å². The molecule has 0 aromatic rings. The number of ether oxygens (including phenoxy) is 1. The van der Waals surface area contributed by atoms with Crippen molar-refractivity contribution in [1.29, 1.82) is 0 Å². The van der Waals surface area contributed by atoms with E-state index in [1.165, 1.54) is 8.61 Å². The standard InChI is InChI=1S/C10H20N2O4S/c1-9-8-16-10(7-13)6-12(9)17(14,15)11-4-2-3-5-11/h9-10,13H,2-8H2,1H3. The number of aliphatic hydroxyl groups is 1. The van der Waals surface area contributed by atoms with Crippen LogP contribution in [0.5, 0.6) is 0 Å². The maximum atomic E-state index is 12.4. The molecular formula is C10H20N2O4S. The zero-order chi connectivity index (χ0) is 12.5. The molecule has 2 aliphatic heterocycles. The van der Waals surface area contributed by atoms with Gasteiger partial charge < -0.3 is 9.84 Å². The summed E-state index contributed by atoms with van der Waals surface area (Å²) in [6, 6.07) is -0.164. The second-order valence-corrected chi connectivity index (χ2v) is 6.55. The van der Waals surface area contributed by atoms with Crippen LogP contribution in [0.25, 0.3) is 0 Å². The molecule has 0 aromatic carbocycles. The van der Waals surface area contributed by atoms with Crippen LogP contribution in [0.2, 0.25) is 0 Å². The number of morpholine rings is 1. The molecule has 2 aliphatic rings. The Kier molecular flexibility index (Phi) is 4.04. The van der Waals surface area contributed by atoms with E-state index < -0.39 is 16.3 Å². The summed E-state index contributed by atoms with van der Waals surface area (Å²) in [6.45, 7) is 3.50. The van der Waals surface area contributed by atoms with Crippen LogP contribution in [0.1, 0.15) is 19.8 Å². The quantitative estimate of drug-likeness (QED) is 0.739. The Morgan fingerprint density at radius 2 is 2.00 bits per heavy atom. The van der Waals surface area contributed by atoms with Crippen LogP contribution in [0.3, 0.4) is 0 Å². The van der Waals surface area contributed by atoms with Crippen LogP contribution in [-0.4, -0.2) is 67.1 Å². The van der Waals surface area contributed by atoms with Gasteiger partial charge in [0.05, 0.1) is 19.3 Å². The van der Waals surface area contributed by atoms with Crippen LogP contribution in [0, 0.1) is 0 Å². The number of hydrogen-bond donors (Lipinski definition) is 1. The van der Waals surface area contributed by atoms with Crippen molar-refractivity contribution in [2.45, 2.75) is 31.9 Å².